The minimum Gasteiger partial charge on any atom is -0.390 e. The lowest BCUT2D eigenvalue weighted by atomic mass is 9.82. The van der Waals surface area contributed by atoms with Crippen LogP contribution in [0.25, 0.3) is 10.9 Å². The van der Waals surface area contributed by atoms with Crippen molar-refractivity contribution in [1.29, 1.82) is 0 Å². The van der Waals surface area contributed by atoms with Crippen molar-refractivity contribution >= 4 is 22.7 Å². The van der Waals surface area contributed by atoms with E-state index in [1.54, 1.807) is 24.9 Å². The highest BCUT2D eigenvalue weighted by Gasteiger charge is 2.53. The van der Waals surface area contributed by atoms with Gasteiger partial charge in [0.15, 0.2) is 0 Å². The molecule has 1 unspecified atom stereocenters. The highest BCUT2D eigenvalue weighted by molar-refractivity contribution is 5.90. The van der Waals surface area contributed by atoms with Gasteiger partial charge in [-0.3, -0.25) is 9.59 Å². The van der Waals surface area contributed by atoms with Crippen LogP contribution in [0.5, 0.6) is 0 Å². The lowest BCUT2D eigenvalue weighted by Crippen LogP contribution is -2.57. The Morgan fingerprint density at radius 2 is 2.00 bits per heavy atom. The van der Waals surface area contributed by atoms with Crippen LogP contribution >= 0.6 is 0 Å². The van der Waals surface area contributed by atoms with E-state index in [1.165, 1.54) is 12.1 Å². The summed E-state index contributed by atoms with van der Waals surface area (Å²) in [6.07, 6.45) is 6.28. The normalized spacial score (nSPS) is 28.7. The third kappa shape index (κ3) is 4.45. The zero-order chi connectivity index (χ0) is 24.7. The van der Waals surface area contributed by atoms with Crippen molar-refractivity contribution in [3.05, 3.63) is 35.8 Å². The smallest absolute Gasteiger partial charge is 0.245 e. The fraction of sp³-hybridized carbons (Fsp3) is 0.615. The molecule has 5 N–H and O–H groups in total. The standard InChI is InChI=1S/C26H36FN5O3/c1-14(28-2)25(34)31-22(15-6-4-3-5-7-15)26(35)32-13-21(33)23-24(32)19(12-30-23)18-11-29-20-10-16(27)8-9-17(18)20/h8-11,14-15,19,21-24,28-30,33H,3-7,12-13H2,1-2H3,(H,31,34)/t14-,19+,21?,22-,23+,24+/m0/s1. The number of carbonyl (C=O) groups is 2. The first-order chi connectivity index (χ1) is 16.9. The first kappa shape index (κ1) is 24.2. The molecule has 3 heterocycles. The van der Waals surface area contributed by atoms with Gasteiger partial charge in [-0.05, 0) is 56.5 Å². The SMILES string of the molecule is CN[C@@H](C)C(=O)N[C@H](C(=O)N1CC(O)[C@H]2NC[C@H](c3c[nH]c4cc(F)ccc34)[C@H]21)C1CCCCC1. The summed E-state index contributed by atoms with van der Waals surface area (Å²) in [6.45, 7) is 2.62. The number of amides is 2. The summed E-state index contributed by atoms with van der Waals surface area (Å²) in [5.74, 6) is -0.570. The Labute approximate surface area is 205 Å². The fourth-order valence-electron chi connectivity index (χ4n) is 6.36. The van der Waals surface area contributed by atoms with E-state index in [0.717, 1.165) is 43.1 Å². The summed E-state index contributed by atoms with van der Waals surface area (Å²) in [5, 5.41) is 21.2. The molecule has 0 bridgehead atoms. The van der Waals surface area contributed by atoms with Gasteiger partial charge >= 0.3 is 0 Å². The number of aromatic amines is 1. The predicted molar refractivity (Wildman–Crippen MR) is 131 cm³/mol. The van der Waals surface area contributed by atoms with E-state index < -0.39 is 18.2 Å². The maximum absolute atomic E-state index is 14.1. The number of hydrogen-bond acceptors (Lipinski definition) is 5. The van der Waals surface area contributed by atoms with Crippen LogP contribution in [0.15, 0.2) is 24.4 Å². The summed E-state index contributed by atoms with van der Waals surface area (Å²) in [5.41, 5.74) is 1.72. The van der Waals surface area contributed by atoms with Crippen LogP contribution in [0.1, 0.15) is 50.5 Å². The lowest BCUT2D eigenvalue weighted by molar-refractivity contribution is -0.140. The number of carbonyl (C=O) groups excluding carboxylic acids is 2. The maximum atomic E-state index is 14.1. The number of aliphatic hydroxyl groups is 1. The number of likely N-dealkylation sites (tertiary alicyclic amines) is 1. The van der Waals surface area contributed by atoms with Crippen LogP contribution in [-0.4, -0.2) is 77.2 Å². The number of β-amino-alcohol motifs (C(OH)–C–C–N with tert-alkyl or cyclic N) is 1. The minimum absolute atomic E-state index is 0.0562. The second-order valence-corrected chi connectivity index (χ2v) is 10.4. The average Bonchev–Trinajstić information content (AvgIpc) is 3.56. The average molecular weight is 486 g/mol. The second-order valence-electron chi connectivity index (χ2n) is 10.4. The molecule has 2 aliphatic heterocycles. The van der Waals surface area contributed by atoms with E-state index >= 15 is 0 Å². The van der Waals surface area contributed by atoms with Crippen LogP contribution < -0.4 is 16.0 Å². The van der Waals surface area contributed by atoms with Gasteiger partial charge in [-0.25, -0.2) is 4.39 Å². The van der Waals surface area contributed by atoms with E-state index in [9.17, 15) is 19.1 Å². The molecule has 9 heteroatoms. The Bertz CT molecular complexity index is 1080. The zero-order valence-electron chi connectivity index (χ0n) is 20.4. The van der Waals surface area contributed by atoms with Crippen molar-refractivity contribution in [3.63, 3.8) is 0 Å². The van der Waals surface area contributed by atoms with Gasteiger partial charge in [0.2, 0.25) is 11.8 Å². The maximum Gasteiger partial charge on any atom is 0.245 e. The molecule has 0 spiro atoms. The highest BCUT2D eigenvalue weighted by Crippen LogP contribution is 2.40. The summed E-state index contributed by atoms with van der Waals surface area (Å²) in [4.78, 5) is 31.9. The van der Waals surface area contributed by atoms with Crippen molar-refractivity contribution in [1.82, 2.24) is 25.8 Å². The molecule has 2 saturated heterocycles. The summed E-state index contributed by atoms with van der Waals surface area (Å²) in [7, 11) is 1.73. The third-order valence-electron chi connectivity index (χ3n) is 8.38. The predicted octanol–water partition coefficient (Wildman–Crippen LogP) is 1.61. The summed E-state index contributed by atoms with van der Waals surface area (Å²) < 4.78 is 13.8. The van der Waals surface area contributed by atoms with E-state index in [2.05, 4.69) is 20.9 Å². The van der Waals surface area contributed by atoms with Crippen LogP contribution in [-0.2, 0) is 9.59 Å². The van der Waals surface area contributed by atoms with Crippen LogP contribution in [0, 0.1) is 11.7 Å². The number of halogens is 1. The Morgan fingerprint density at radius 1 is 1.23 bits per heavy atom. The number of nitrogens with zero attached hydrogens (tertiary/aromatic N) is 1. The third-order valence-corrected chi connectivity index (χ3v) is 8.38. The van der Waals surface area contributed by atoms with E-state index in [1.807, 2.05) is 6.20 Å². The Morgan fingerprint density at radius 3 is 2.74 bits per heavy atom. The summed E-state index contributed by atoms with van der Waals surface area (Å²) >= 11 is 0. The van der Waals surface area contributed by atoms with Gasteiger partial charge < -0.3 is 30.9 Å². The number of likely N-dealkylation sites (N-methyl/N-ethyl adjacent to an activating group) is 1. The summed E-state index contributed by atoms with van der Waals surface area (Å²) in [6, 6.07) is 3.19. The number of H-pyrrole nitrogens is 1. The number of aromatic nitrogens is 1. The number of hydrogen-bond donors (Lipinski definition) is 5. The van der Waals surface area contributed by atoms with Crippen LogP contribution in [0.2, 0.25) is 0 Å². The molecule has 2 amide bonds. The van der Waals surface area contributed by atoms with Crippen molar-refractivity contribution in [2.45, 2.75) is 75.2 Å². The molecule has 1 aromatic heterocycles. The molecular weight excluding hydrogens is 449 g/mol. The molecule has 8 nitrogen and oxygen atoms in total. The van der Waals surface area contributed by atoms with Crippen LogP contribution in [0.3, 0.4) is 0 Å². The topological polar surface area (TPSA) is 109 Å². The highest BCUT2D eigenvalue weighted by atomic mass is 19.1. The van der Waals surface area contributed by atoms with Crippen molar-refractivity contribution in [3.8, 4) is 0 Å². The molecule has 1 aromatic carbocycles. The minimum atomic E-state index is -0.685. The first-order valence-electron chi connectivity index (χ1n) is 12.8. The number of rotatable bonds is 6. The van der Waals surface area contributed by atoms with Gasteiger partial charge in [-0.2, -0.15) is 0 Å². The van der Waals surface area contributed by atoms with Crippen molar-refractivity contribution in [2.75, 3.05) is 20.1 Å². The van der Waals surface area contributed by atoms with Gasteiger partial charge in [0.05, 0.1) is 24.2 Å². The Balaban J connectivity index is 1.45. The molecule has 35 heavy (non-hydrogen) atoms. The number of aliphatic hydroxyl groups excluding tert-OH is 1. The van der Waals surface area contributed by atoms with E-state index in [-0.39, 0.29) is 48.1 Å². The monoisotopic (exact) mass is 485 g/mol. The first-order valence-corrected chi connectivity index (χ1v) is 12.8. The molecule has 3 aliphatic rings. The molecule has 1 aliphatic carbocycles. The van der Waals surface area contributed by atoms with Gasteiger partial charge in [-0.15, -0.1) is 0 Å². The molecule has 0 radical (unpaired) electrons. The molecule has 5 rings (SSSR count). The van der Waals surface area contributed by atoms with Gasteiger partial charge in [0.1, 0.15) is 11.9 Å². The molecule has 1 saturated carbocycles. The lowest BCUT2D eigenvalue weighted by Gasteiger charge is -2.36. The fourth-order valence-corrected chi connectivity index (χ4v) is 6.36. The van der Waals surface area contributed by atoms with Crippen LogP contribution in [0.4, 0.5) is 4.39 Å². The number of benzene rings is 1. The van der Waals surface area contributed by atoms with Crippen molar-refractivity contribution in [2.24, 2.45) is 5.92 Å². The van der Waals surface area contributed by atoms with Gasteiger partial charge in [0.25, 0.3) is 0 Å². The van der Waals surface area contributed by atoms with E-state index in [4.69, 9.17) is 0 Å². The van der Waals surface area contributed by atoms with Gasteiger partial charge in [-0.1, -0.05) is 19.3 Å². The van der Waals surface area contributed by atoms with Crippen molar-refractivity contribution < 1.29 is 19.1 Å². The quantitative estimate of drug-likeness (QED) is 0.427. The second kappa shape index (κ2) is 9.87. The largest absolute Gasteiger partial charge is 0.390 e. The molecule has 3 fully saturated rings. The van der Waals surface area contributed by atoms with E-state index in [0.29, 0.717) is 12.1 Å². The molecule has 2 aromatic rings. The van der Waals surface area contributed by atoms with Gasteiger partial charge in [0, 0.05) is 36.1 Å². The number of nitrogens with one attached hydrogen (secondary N) is 4. The number of fused-ring (bicyclic) bond motifs is 2. The zero-order valence-corrected chi connectivity index (χ0v) is 20.4. The molecule has 6 atom stereocenters. The molecular formula is C26H36FN5O3. The molecule has 190 valence electrons. The Kier molecular flexibility index (Phi) is 6.83. The Hall–Kier alpha value is -2.49.